The Kier molecular flexibility index (Phi) is 4.00. The van der Waals surface area contributed by atoms with E-state index in [2.05, 4.69) is 20.8 Å². The Morgan fingerprint density at radius 2 is 1.79 bits per heavy atom. The smallest absolute Gasteiger partial charge is 0.248 e. The van der Waals surface area contributed by atoms with Crippen molar-refractivity contribution in [1.82, 2.24) is 20.2 Å². The number of allylic oxidation sites excluding steroid dienone is 2. The lowest BCUT2D eigenvalue weighted by Gasteiger charge is -2.34. The summed E-state index contributed by atoms with van der Waals surface area (Å²) < 4.78 is 30.4. The van der Waals surface area contributed by atoms with Gasteiger partial charge in [-0.15, -0.1) is 0 Å². The summed E-state index contributed by atoms with van der Waals surface area (Å²) in [6, 6.07) is 12.9. The van der Waals surface area contributed by atoms with Crippen LogP contribution in [0, 0.1) is 11.6 Å². The second kappa shape index (κ2) is 6.67. The zero-order valence-corrected chi connectivity index (χ0v) is 14.9. The maximum atomic E-state index is 14.6. The summed E-state index contributed by atoms with van der Waals surface area (Å²) in [5.74, 6) is -0.115. The maximum absolute atomic E-state index is 14.6. The third-order valence-electron chi connectivity index (χ3n) is 5.27. The summed E-state index contributed by atoms with van der Waals surface area (Å²) >= 11 is 0. The molecule has 0 bridgehead atoms. The van der Waals surface area contributed by atoms with Gasteiger partial charge in [0.2, 0.25) is 5.95 Å². The Bertz CT molecular complexity index is 1120. The lowest BCUT2D eigenvalue weighted by atomic mass is 9.83. The van der Waals surface area contributed by atoms with E-state index in [0.29, 0.717) is 17.1 Å². The van der Waals surface area contributed by atoms with Crippen LogP contribution < -0.4 is 5.32 Å². The highest BCUT2D eigenvalue weighted by Gasteiger charge is 2.35. The molecule has 0 saturated heterocycles. The molecule has 1 aromatic heterocycles. The fraction of sp³-hybridized carbons (Fsp3) is 0.190. The van der Waals surface area contributed by atoms with Gasteiger partial charge in [0.1, 0.15) is 17.7 Å². The topological polar surface area (TPSA) is 55.6 Å². The van der Waals surface area contributed by atoms with Crippen LogP contribution >= 0.6 is 0 Å². The molecule has 1 aliphatic heterocycles. The molecule has 0 amide bonds. The first kappa shape index (κ1) is 16.8. The van der Waals surface area contributed by atoms with Gasteiger partial charge in [0, 0.05) is 16.8 Å². The van der Waals surface area contributed by atoms with Gasteiger partial charge in [-0.2, -0.15) is 4.68 Å². The van der Waals surface area contributed by atoms with Crippen molar-refractivity contribution in [2.75, 3.05) is 5.32 Å². The van der Waals surface area contributed by atoms with Gasteiger partial charge in [-0.1, -0.05) is 41.5 Å². The van der Waals surface area contributed by atoms with E-state index < -0.39 is 6.04 Å². The highest BCUT2D eigenvalue weighted by molar-refractivity contribution is 5.65. The van der Waals surface area contributed by atoms with Crippen LogP contribution in [-0.4, -0.2) is 20.2 Å². The molecule has 0 radical (unpaired) electrons. The van der Waals surface area contributed by atoms with E-state index in [4.69, 9.17) is 0 Å². The lowest BCUT2D eigenvalue weighted by molar-refractivity contribution is 0.497. The van der Waals surface area contributed by atoms with Crippen LogP contribution in [0.5, 0.6) is 0 Å². The number of fused-ring (bicyclic) bond motifs is 1. The predicted molar refractivity (Wildman–Crippen MR) is 101 cm³/mol. The first-order valence-corrected chi connectivity index (χ1v) is 9.20. The first-order valence-electron chi connectivity index (χ1n) is 9.20. The predicted octanol–water partition coefficient (Wildman–Crippen LogP) is 4.49. The molecule has 2 heterocycles. The molecule has 140 valence electrons. The Morgan fingerprint density at radius 3 is 2.61 bits per heavy atom. The van der Waals surface area contributed by atoms with Crippen LogP contribution in [0.25, 0.3) is 6.08 Å². The van der Waals surface area contributed by atoms with Gasteiger partial charge in [-0.05, 0) is 59.0 Å². The molecule has 2 aromatic carbocycles. The molecule has 0 spiro atoms. The number of halogens is 2. The molecule has 3 aromatic rings. The van der Waals surface area contributed by atoms with E-state index in [1.807, 2.05) is 18.2 Å². The number of hydrogen-bond donors (Lipinski definition) is 1. The van der Waals surface area contributed by atoms with Crippen molar-refractivity contribution in [3.05, 3.63) is 88.1 Å². The minimum absolute atomic E-state index is 0.269. The third kappa shape index (κ3) is 2.70. The number of rotatable bonds is 2. The van der Waals surface area contributed by atoms with Crippen LogP contribution in [0.15, 0.2) is 65.4 Å². The van der Waals surface area contributed by atoms with Gasteiger partial charge in [0.25, 0.3) is 0 Å². The molecule has 1 aliphatic carbocycles. The van der Waals surface area contributed by atoms with E-state index in [0.717, 1.165) is 36.1 Å². The van der Waals surface area contributed by atoms with Gasteiger partial charge in [-0.25, -0.2) is 8.78 Å². The summed E-state index contributed by atoms with van der Waals surface area (Å²) in [5, 5.41) is 15.2. The fourth-order valence-electron chi connectivity index (χ4n) is 4.01. The Labute approximate surface area is 160 Å². The largest absolute Gasteiger partial charge is 0.323 e. The molecular weight excluding hydrogens is 360 g/mol. The van der Waals surface area contributed by atoms with Gasteiger partial charge in [0.05, 0.1) is 0 Å². The number of anilines is 1. The minimum atomic E-state index is -0.424. The SMILES string of the molecule is Fc1ccccc1/C=C1\CCCC2=C1Nc1nnnn1[C@H]2c1ccccc1F. The molecular formula is C21H17F2N5. The summed E-state index contributed by atoms with van der Waals surface area (Å²) in [7, 11) is 0. The molecule has 5 nitrogen and oxygen atoms in total. The van der Waals surface area contributed by atoms with Crippen LogP contribution in [0.1, 0.15) is 36.4 Å². The van der Waals surface area contributed by atoms with Crippen molar-refractivity contribution >= 4 is 12.0 Å². The molecule has 0 unspecified atom stereocenters. The van der Waals surface area contributed by atoms with Gasteiger partial charge in [0.15, 0.2) is 0 Å². The molecule has 28 heavy (non-hydrogen) atoms. The number of nitrogens with zero attached hydrogens (tertiary/aromatic N) is 4. The molecule has 1 N–H and O–H groups in total. The quantitative estimate of drug-likeness (QED) is 0.715. The highest BCUT2D eigenvalue weighted by Crippen LogP contribution is 2.43. The second-order valence-electron chi connectivity index (χ2n) is 6.94. The second-order valence-corrected chi connectivity index (χ2v) is 6.94. The Hall–Kier alpha value is -3.35. The average molecular weight is 377 g/mol. The molecule has 1 atom stereocenters. The number of hydrogen-bond acceptors (Lipinski definition) is 4. The summed E-state index contributed by atoms with van der Waals surface area (Å²) in [6.45, 7) is 0. The van der Waals surface area contributed by atoms with E-state index in [1.54, 1.807) is 28.9 Å². The van der Waals surface area contributed by atoms with E-state index in [1.165, 1.54) is 12.1 Å². The standard InChI is InChI=1S/C21H17F2N5/c22-17-10-3-1-6-13(17)12-14-7-5-9-16-19(14)24-21-25-26-27-28(21)20(16)15-8-2-4-11-18(15)23/h1-4,6,8,10-12,20H,5,7,9H2,(H,24,25,27)/b14-12+/t20-/m0/s1. The molecule has 0 saturated carbocycles. The van der Waals surface area contributed by atoms with Crippen molar-refractivity contribution in [2.45, 2.75) is 25.3 Å². The summed E-state index contributed by atoms with van der Waals surface area (Å²) in [6.07, 6.45) is 4.33. The fourth-order valence-corrected chi connectivity index (χ4v) is 4.01. The van der Waals surface area contributed by atoms with Crippen molar-refractivity contribution in [1.29, 1.82) is 0 Å². The van der Waals surface area contributed by atoms with Crippen LogP contribution in [0.2, 0.25) is 0 Å². The number of aromatic nitrogens is 4. The molecule has 2 aliphatic rings. The zero-order chi connectivity index (χ0) is 19.1. The third-order valence-corrected chi connectivity index (χ3v) is 5.27. The number of nitrogens with one attached hydrogen (secondary N) is 1. The molecule has 5 rings (SSSR count). The Balaban J connectivity index is 1.68. The highest BCUT2D eigenvalue weighted by atomic mass is 19.1. The van der Waals surface area contributed by atoms with Crippen molar-refractivity contribution < 1.29 is 8.78 Å². The van der Waals surface area contributed by atoms with Gasteiger partial charge in [-0.3, -0.25) is 0 Å². The molecule has 0 fully saturated rings. The van der Waals surface area contributed by atoms with Gasteiger partial charge < -0.3 is 5.32 Å². The van der Waals surface area contributed by atoms with Crippen LogP contribution in [-0.2, 0) is 0 Å². The zero-order valence-electron chi connectivity index (χ0n) is 14.9. The average Bonchev–Trinajstić information content (AvgIpc) is 3.17. The maximum Gasteiger partial charge on any atom is 0.248 e. The minimum Gasteiger partial charge on any atom is -0.323 e. The molecule has 7 heteroatoms. The van der Waals surface area contributed by atoms with Crippen molar-refractivity contribution in [2.24, 2.45) is 0 Å². The van der Waals surface area contributed by atoms with Crippen LogP contribution in [0.3, 0.4) is 0 Å². The lowest BCUT2D eigenvalue weighted by Crippen LogP contribution is -2.28. The van der Waals surface area contributed by atoms with Crippen LogP contribution in [0.4, 0.5) is 14.7 Å². The van der Waals surface area contributed by atoms with E-state index in [-0.39, 0.29) is 11.6 Å². The summed E-state index contributed by atoms with van der Waals surface area (Å²) in [4.78, 5) is 0. The number of tetrazole rings is 1. The normalized spacial score (nSPS) is 19.9. The number of benzene rings is 2. The van der Waals surface area contributed by atoms with E-state index in [9.17, 15) is 8.78 Å². The first-order chi connectivity index (χ1) is 13.7. The van der Waals surface area contributed by atoms with E-state index >= 15 is 0 Å². The summed E-state index contributed by atoms with van der Waals surface area (Å²) in [5.41, 5.74) is 3.91. The van der Waals surface area contributed by atoms with Crippen molar-refractivity contribution in [3.63, 3.8) is 0 Å². The Morgan fingerprint density at radius 1 is 1.00 bits per heavy atom. The monoisotopic (exact) mass is 377 g/mol. The van der Waals surface area contributed by atoms with Gasteiger partial charge >= 0.3 is 0 Å². The van der Waals surface area contributed by atoms with Crippen molar-refractivity contribution in [3.8, 4) is 0 Å².